The molecule has 4 nitrogen and oxygen atoms in total. The Balaban J connectivity index is 2.51. The van der Waals surface area contributed by atoms with Crippen molar-refractivity contribution in [1.82, 2.24) is 15.6 Å². The number of aliphatic imine (C=N–C) groups is 1. The molecule has 0 fully saturated rings. The molecule has 0 radical (unpaired) electrons. The summed E-state index contributed by atoms with van der Waals surface area (Å²) in [7, 11) is 0. The van der Waals surface area contributed by atoms with Crippen molar-refractivity contribution in [3.05, 3.63) is 15.6 Å². The number of nitrogens with zero attached hydrogens (tertiary/aromatic N) is 2. The number of thioether (sulfide) groups is 1. The summed E-state index contributed by atoms with van der Waals surface area (Å²) in [5.41, 5.74) is 1.24. The minimum Gasteiger partial charge on any atom is -0.357 e. The van der Waals surface area contributed by atoms with Crippen molar-refractivity contribution in [3.8, 4) is 0 Å². The minimum absolute atomic E-state index is 0.171. The van der Waals surface area contributed by atoms with Crippen LogP contribution < -0.4 is 10.6 Å². The first-order valence-electron chi connectivity index (χ1n) is 7.94. The van der Waals surface area contributed by atoms with E-state index in [0.29, 0.717) is 0 Å². The number of aromatic nitrogens is 1. The Bertz CT molecular complexity index is 480. The second kappa shape index (κ2) is 9.40. The third-order valence-corrected chi connectivity index (χ3v) is 5.73. The van der Waals surface area contributed by atoms with Crippen LogP contribution in [0.5, 0.6) is 0 Å². The maximum atomic E-state index is 4.68. The third-order valence-electron chi connectivity index (χ3n) is 3.42. The van der Waals surface area contributed by atoms with E-state index in [2.05, 4.69) is 61.5 Å². The molecule has 0 aliphatic rings. The van der Waals surface area contributed by atoms with Crippen molar-refractivity contribution in [2.75, 3.05) is 25.9 Å². The zero-order valence-corrected chi connectivity index (χ0v) is 16.4. The number of nitrogens with one attached hydrogen (secondary N) is 2. The van der Waals surface area contributed by atoms with Crippen LogP contribution in [0.4, 0.5) is 0 Å². The fourth-order valence-electron chi connectivity index (χ4n) is 1.89. The molecule has 126 valence electrons. The van der Waals surface area contributed by atoms with Crippen LogP contribution in [0.25, 0.3) is 0 Å². The summed E-state index contributed by atoms with van der Waals surface area (Å²) in [4.78, 5) is 10.7. The van der Waals surface area contributed by atoms with Crippen LogP contribution in [0.1, 0.15) is 43.3 Å². The van der Waals surface area contributed by atoms with E-state index in [1.54, 1.807) is 0 Å². The van der Waals surface area contributed by atoms with E-state index in [0.717, 1.165) is 38.4 Å². The van der Waals surface area contributed by atoms with Crippen LogP contribution in [-0.2, 0) is 12.8 Å². The predicted octanol–water partition coefficient (Wildman–Crippen LogP) is 3.25. The van der Waals surface area contributed by atoms with Crippen LogP contribution in [0.3, 0.4) is 0 Å². The zero-order valence-electron chi connectivity index (χ0n) is 14.7. The molecule has 22 heavy (non-hydrogen) atoms. The normalized spacial score (nSPS) is 12.5. The quantitative estimate of drug-likeness (QED) is 0.562. The summed E-state index contributed by atoms with van der Waals surface area (Å²) in [6.45, 7) is 13.4. The van der Waals surface area contributed by atoms with Gasteiger partial charge in [0.25, 0.3) is 0 Å². The Kier molecular flexibility index (Phi) is 8.25. The van der Waals surface area contributed by atoms with E-state index in [-0.39, 0.29) is 4.75 Å². The van der Waals surface area contributed by atoms with Gasteiger partial charge in [-0.25, -0.2) is 4.98 Å². The summed E-state index contributed by atoms with van der Waals surface area (Å²) < 4.78 is 0.171. The van der Waals surface area contributed by atoms with Gasteiger partial charge in [0.15, 0.2) is 5.96 Å². The molecule has 1 aromatic rings. The first-order chi connectivity index (χ1) is 10.4. The lowest BCUT2D eigenvalue weighted by atomic mass is 10.2. The van der Waals surface area contributed by atoms with Gasteiger partial charge in [-0.05, 0) is 40.4 Å². The highest BCUT2D eigenvalue weighted by atomic mass is 32.2. The van der Waals surface area contributed by atoms with Gasteiger partial charge in [0, 0.05) is 29.1 Å². The molecule has 6 heteroatoms. The molecule has 1 rings (SSSR count). The number of hydrogen-bond acceptors (Lipinski definition) is 4. The number of hydrogen-bond donors (Lipinski definition) is 2. The number of rotatable bonds is 8. The second-order valence-corrected chi connectivity index (χ2v) is 8.60. The summed E-state index contributed by atoms with van der Waals surface area (Å²) in [6.07, 6.45) is 4.09. The van der Waals surface area contributed by atoms with E-state index in [4.69, 9.17) is 0 Å². The Morgan fingerprint density at radius 2 is 2.05 bits per heavy atom. The average molecular weight is 343 g/mol. The van der Waals surface area contributed by atoms with Crippen molar-refractivity contribution >= 4 is 29.1 Å². The molecule has 0 aliphatic carbocycles. The molecule has 2 N–H and O–H groups in total. The third kappa shape index (κ3) is 6.57. The zero-order chi connectivity index (χ0) is 16.6. The summed E-state index contributed by atoms with van der Waals surface area (Å²) in [5.74, 6) is 0.897. The molecular formula is C16H30N4S2. The highest BCUT2D eigenvalue weighted by Gasteiger charge is 2.15. The van der Waals surface area contributed by atoms with Gasteiger partial charge in [-0.2, -0.15) is 11.8 Å². The van der Waals surface area contributed by atoms with Crippen LogP contribution in [0, 0.1) is 6.92 Å². The van der Waals surface area contributed by atoms with Crippen LogP contribution >= 0.6 is 23.1 Å². The van der Waals surface area contributed by atoms with E-state index >= 15 is 0 Å². The maximum absolute atomic E-state index is 4.68. The van der Waals surface area contributed by atoms with Gasteiger partial charge in [-0.15, -0.1) is 11.3 Å². The molecule has 0 spiro atoms. The summed E-state index contributed by atoms with van der Waals surface area (Å²) >= 11 is 3.65. The monoisotopic (exact) mass is 342 g/mol. The Hall–Kier alpha value is -0.750. The SMILES string of the molecule is CCNC(=NCC(C)(C)SC)NCCc1nc(CC)c(C)s1. The lowest BCUT2D eigenvalue weighted by molar-refractivity contribution is 0.710. The molecule has 0 aromatic carbocycles. The smallest absolute Gasteiger partial charge is 0.191 e. The van der Waals surface area contributed by atoms with E-state index in [9.17, 15) is 0 Å². The topological polar surface area (TPSA) is 49.3 Å². The molecular weight excluding hydrogens is 312 g/mol. The lowest BCUT2D eigenvalue weighted by Crippen LogP contribution is -2.39. The minimum atomic E-state index is 0.171. The predicted molar refractivity (Wildman–Crippen MR) is 102 cm³/mol. The van der Waals surface area contributed by atoms with Crippen molar-refractivity contribution in [3.63, 3.8) is 0 Å². The van der Waals surface area contributed by atoms with Gasteiger partial charge in [0.05, 0.1) is 17.2 Å². The van der Waals surface area contributed by atoms with Crippen LogP contribution in [-0.4, -0.2) is 41.6 Å². The largest absolute Gasteiger partial charge is 0.357 e. The second-order valence-electron chi connectivity index (χ2n) is 5.80. The lowest BCUT2D eigenvalue weighted by Gasteiger charge is -2.20. The van der Waals surface area contributed by atoms with E-state index in [1.165, 1.54) is 15.6 Å². The Labute approximate surface area is 143 Å². The highest BCUT2D eigenvalue weighted by Crippen LogP contribution is 2.21. The molecule has 0 saturated carbocycles. The number of thiazole rings is 1. The molecule has 0 amide bonds. The van der Waals surface area contributed by atoms with Gasteiger partial charge in [-0.3, -0.25) is 4.99 Å². The van der Waals surface area contributed by atoms with Gasteiger partial charge >= 0.3 is 0 Å². The van der Waals surface area contributed by atoms with Crippen LogP contribution in [0.2, 0.25) is 0 Å². The molecule has 1 heterocycles. The molecule has 0 aliphatic heterocycles. The Morgan fingerprint density at radius 3 is 2.59 bits per heavy atom. The fourth-order valence-corrected chi connectivity index (χ4v) is 3.10. The standard InChI is InChI=1S/C16H30N4S2/c1-7-13-12(3)22-14(20-13)9-10-18-15(17-8-2)19-11-16(4,5)21-6/h7-11H2,1-6H3,(H2,17,18,19). The molecule has 0 saturated heterocycles. The highest BCUT2D eigenvalue weighted by molar-refractivity contribution is 7.99. The average Bonchev–Trinajstić information content (AvgIpc) is 2.85. The molecule has 0 atom stereocenters. The molecule has 0 unspecified atom stereocenters. The fraction of sp³-hybridized carbons (Fsp3) is 0.750. The van der Waals surface area contributed by atoms with Gasteiger partial charge in [0.1, 0.15) is 0 Å². The maximum Gasteiger partial charge on any atom is 0.191 e. The van der Waals surface area contributed by atoms with Crippen molar-refractivity contribution in [2.45, 2.75) is 52.2 Å². The Morgan fingerprint density at radius 1 is 1.32 bits per heavy atom. The first kappa shape index (κ1) is 19.3. The van der Waals surface area contributed by atoms with Crippen LogP contribution in [0.15, 0.2) is 4.99 Å². The first-order valence-corrected chi connectivity index (χ1v) is 9.98. The van der Waals surface area contributed by atoms with Crippen molar-refractivity contribution in [1.29, 1.82) is 0 Å². The summed E-state index contributed by atoms with van der Waals surface area (Å²) in [6, 6.07) is 0. The number of guanidine groups is 1. The van der Waals surface area contributed by atoms with Crippen molar-refractivity contribution in [2.24, 2.45) is 4.99 Å². The van der Waals surface area contributed by atoms with Gasteiger partial charge in [-0.1, -0.05) is 6.92 Å². The molecule has 0 bridgehead atoms. The van der Waals surface area contributed by atoms with E-state index in [1.807, 2.05) is 23.1 Å². The van der Waals surface area contributed by atoms with Gasteiger partial charge in [0.2, 0.25) is 0 Å². The van der Waals surface area contributed by atoms with Crippen molar-refractivity contribution < 1.29 is 0 Å². The van der Waals surface area contributed by atoms with Gasteiger partial charge < -0.3 is 10.6 Å². The van der Waals surface area contributed by atoms with E-state index < -0.39 is 0 Å². The number of aryl methyl sites for hydroxylation is 2. The summed E-state index contributed by atoms with van der Waals surface area (Å²) in [5, 5.41) is 7.93. The molecule has 1 aromatic heterocycles.